The number of halogens is 1. The number of allylic oxidation sites excluding steroid dienone is 1. The van der Waals surface area contributed by atoms with Gasteiger partial charge in [-0.3, -0.25) is 9.36 Å². The highest BCUT2D eigenvalue weighted by molar-refractivity contribution is 7.99. The number of aromatic nitrogens is 2. The van der Waals surface area contributed by atoms with Gasteiger partial charge in [0.1, 0.15) is 10.8 Å². The van der Waals surface area contributed by atoms with Crippen molar-refractivity contribution < 1.29 is 13.9 Å². The summed E-state index contributed by atoms with van der Waals surface area (Å²) in [5.74, 6) is 0.0262. The summed E-state index contributed by atoms with van der Waals surface area (Å²) in [6.07, 6.45) is 3.41. The maximum absolute atomic E-state index is 13.6. The number of esters is 1. The number of rotatable bonds is 6. The van der Waals surface area contributed by atoms with Gasteiger partial charge in [0.05, 0.1) is 28.5 Å². The lowest BCUT2D eigenvalue weighted by Crippen LogP contribution is -2.39. The van der Waals surface area contributed by atoms with Crippen molar-refractivity contribution in [3.63, 3.8) is 0 Å². The molecular formula is C26H20ClN3O4S2. The molecule has 4 aromatic rings. The highest BCUT2D eigenvalue weighted by Crippen LogP contribution is 2.31. The third-order valence-electron chi connectivity index (χ3n) is 5.42. The van der Waals surface area contributed by atoms with Crippen LogP contribution in [-0.4, -0.2) is 22.1 Å². The van der Waals surface area contributed by atoms with Crippen molar-refractivity contribution in [2.45, 2.75) is 30.0 Å². The van der Waals surface area contributed by atoms with Gasteiger partial charge in [0.25, 0.3) is 5.56 Å². The Kier molecular flexibility index (Phi) is 6.95. The molecule has 182 valence electrons. The second-order valence-corrected chi connectivity index (χ2v) is 10.3. The monoisotopic (exact) mass is 537 g/mol. The number of benzene rings is 1. The molecule has 0 unspecified atom stereocenters. The van der Waals surface area contributed by atoms with Gasteiger partial charge in [0.2, 0.25) is 0 Å². The molecule has 0 radical (unpaired) electrons. The molecule has 1 aromatic carbocycles. The summed E-state index contributed by atoms with van der Waals surface area (Å²) in [5, 5.41) is 2.02. The van der Waals surface area contributed by atoms with Gasteiger partial charge in [-0.2, -0.15) is 0 Å². The van der Waals surface area contributed by atoms with Gasteiger partial charge in [0.15, 0.2) is 9.89 Å². The van der Waals surface area contributed by atoms with Gasteiger partial charge in [-0.05, 0) is 67.6 Å². The van der Waals surface area contributed by atoms with E-state index >= 15 is 0 Å². The van der Waals surface area contributed by atoms with Crippen LogP contribution in [-0.2, 0) is 9.53 Å². The predicted octanol–water partition coefficient (Wildman–Crippen LogP) is 4.59. The van der Waals surface area contributed by atoms with Crippen LogP contribution in [0, 0.1) is 0 Å². The summed E-state index contributed by atoms with van der Waals surface area (Å²) >= 11 is 8.73. The number of fused-ring (bicyclic) bond motifs is 1. The Morgan fingerprint density at radius 1 is 1.22 bits per heavy atom. The molecule has 1 aliphatic rings. The smallest absolute Gasteiger partial charge is 0.338 e. The zero-order valence-electron chi connectivity index (χ0n) is 19.3. The van der Waals surface area contributed by atoms with Crippen molar-refractivity contribution in [2.24, 2.45) is 4.99 Å². The van der Waals surface area contributed by atoms with Crippen LogP contribution < -0.4 is 14.9 Å². The zero-order chi connectivity index (χ0) is 25.2. The summed E-state index contributed by atoms with van der Waals surface area (Å²) in [5.41, 5.74) is 1.29. The van der Waals surface area contributed by atoms with Crippen LogP contribution in [0.25, 0.3) is 6.08 Å². The first kappa shape index (κ1) is 24.3. The van der Waals surface area contributed by atoms with E-state index in [-0.39, 0.29) is 12.2 Å². The topological polar surface area (TPSA) is 86.7 Å². The van der Waals surface area contributed by atoms with Crippen LogP contribution in [0.2, 0.25) is 5.02 Å². The van der Waals surface area contributed by atoms with Crippen LogP contribution in [0.5, 0.6) is 0 Å². The molecule has 0 bridgehead atoms. The number of thiazole rings is 1. The molecule has 0 aliphatic carbocycles. The van der Waals surface area contributed by atoms with Crippen LogP contribution in [0.3, 0.4) is 0 Å². The lowest BCUT2D eigenvalue weighted by molar-refractivity contribution is -0.139. The number of carbonyl (C=O) groups excluding carboxylic acids is 1. The molecule has 5 rings (SSSR count). The first-order chi connectivity index (χ1) is 17.4. The second-order valence-electron chi connectivity index (χ2n) is 7.78. The fraction of sp³-hybridized carbons (Fsp3) is 0.154. The Morgan fingerprint density at radius 3 is 2.75 bits per heavy atom. The summed E-state index contributed by atoms with van der Waals surface area (Å²) in [7, 11) is 0. The van der Waals surface area contributed by atoms with Crippen molar-refractivity contribution in [2.75, 3.05) is 6.61 Å². The molecule has 0 amide bonds. The van der Waals surface area contributed by atoms with E-state index in [0.29, 0.717) is 36.5 Å². The summed E-state index contributed by atoms with van der Waals surface area (Å²) in [6, 6.07) is 15.7. The molecule has 1 aliphatic heterocycles. The molecule has 0 saturated carbocycles. The minimum absolute atomic E-state index is 0.213. The van der Waals surface area contributed by atoms with Crippen molar-refractivity contribution in [3.05, 3.63) is 108 Å². The van der Waals surface area contributed by atoms with Crippen molar-refractivity contribution in [1.82, 2.24) is 9.55 Å². The molecule has 3 aromatic heterocycles. The van der Waals surface area contributed by atoms with Gasteiger partial charge >= 0.3 is 5.97 Å². The van der Waals surface area contributed by atoms with Gasteiger partial charge < -0.3 is 9.15 Å². The Labute approximate surface area is 219 Å². The Hall–Kier alpha value is -3.40. The van der Waals surface area contributed by atoms with E-state index in [4.69, 9.17) is 20.8 Å². The molecule has 0 spiro atoms. The molecule has 0 fully saturated rings. The van der Waals surface area contributed by atoms with Gasteiger partial charge in [-0.15, -0.1) is 0 Å². The predicted molar refractivity (Wildman–Crippen MR) is 139 cm³/mol. The zero-order valence-corrected chi connectivity index (χ0v) is 21.7. The molecule has 10 heteroatoms. The molecule has 36 heavy (non-hydrogen) atoms. The minimum Gasteiger partial charge on any atom is -0.463 e. The van der Waals surface area contributed by atoms with E-state index in [1.807, 2.05) is 24.3 Å². The van der Waals surface area contributed by atoms with Gasteiger partial charge in [0, 0.05) is 17.3 Å². The number of nitrogens with zero attached hydrogens (tertiary/aromatic N) is 3. The summed E-state index contributed by atoms with van der Waals surface area (Å²) in [6.45, 7) is 3.70. The molecular weight excluding hydrogens is 518 g/mol. The second kappa shape index (κ2) is 10.3. The minimum atomic E-state index is -0.688. The molecule has 1 atom stereocenters. The number of hydrogen-bond acceptors (Lipinski definition) is 8. The number of pyridine rings is 1. The largest absolute Gasteiger partial charge is 0.463 e. The lowest BCUT2D eigenvalue weighted by Gasteiger charge is -2.24. The SMILES string of the molecule is CCOC(=O)C1=C(C)N=c2s/c(=C\c3ccc(Sc4ccccn4)o3)c(=O)n2[C@@H]1c1ccc(Cl)cc1. The fourth-order valence-corrected chi connectivity index (χ4v) is 5.75. The van der Waals surface area contributed by atoms with Crippen molar-refractivity contribution in [1.29, 1.82) is 0 Å². The van der Waals surface area contributed by atoms with Crippen molar-refractivity contribution in [3.8, 4) is 0 Å². The van der Waals surface area contributed by atoms with E-state index in [1.165, 1.54) is 27.7 Å². The number of hydrogen-bond donors (Lipinski definition) is 0. The van der Waals surface area contributed by atoms with Crippen LogP contribution in [0.1, 0.15) is 31.2 Å². The fourth-order valence-electron chi connectivity index (χ4n) is 3.86. The van der Waals surface area contributed by atoms with Gasteiger partial charge in [-0.1, -0.05) is 41.1 Å². The van der Waals surface area contributed by atoms with E-state index in [0.717, 1.165) is 10.6 Å². The van der Waals surface area contributed by atoms with Crippen LogP contribution in [0.15, 0.2) is 96.4 Å². The number of ether oxygens (including phenoxy) is 1. The standard InChI is InChI=1S/C26H20ClN3O4S2/c1-3-33-25(32)22-15(2)29-26-30(23(22)16-7-9-17(27)10-8-16)24(31)19(35-26)14-18-11-12-21(34-18)36-20-6-4-5-13-28-20/h4-14,23H,3H2,1-2H3/b19-14-/t23-/m1/s1. The number of furan rings is 1. The van der Waals surface area contributed by atoms with E-state index in [2.05, 4.69) is 9.98 Å². The molecule has 0 N–H and O–H groups in total. The highest BCUT2D eigenvalue weighted by atomic mass is 35.5. The third-order valence-corrected chi connectivity index (χ3v) is 7.53. The lowest BCUT2D eigenvalue weighted by atomic mass is 9.96. The van der Waals surface area contributed by atoms with Crippen LogP contribution in [0.4, 0.5) is 0 Å². The van der Waals surface area contributed by atoms with Gasteiger partial charge in [-0.25, -0.2) is 14.8 Å². The van der Waals surface area contributed by atoms with E-state index in [9.17, 15) is 9.59 Å². The van der Waals surface area contributed by atoms with E-state index in [1.54, 1.807) is 56.5 Å². The average Bonchev–Trinajstić information content (AvgIpc) is 3.43. The maximum Gasteiger partial charge on any atom is 0.338 e. The van der Waals surface area contributed by atoms with Crippen molar-refractivity contribution >= 4 is 46.7 Å². The summed E-state index contributed by atoms with van der Waals surface area (Å²) in [4.78, 5) is 35.9. The Balaban J connectivity index is 1.59. The Bertz CT molecular complexity index is 1640. The quantitative estimate of drug-likeness (QED) is 0.334. The normalized spacial score (nSPS) is 15.5. The molecule has 0 saturated heterocycles. The summed E-state index contributed by atoms with van der Waals surface area (Å²) < 4.78 is 13.2. The van der Waals surface area contributed by atoms with Crippen LogP contribution >= 0.6 is 34.7 Å². The first-order valence-corrected chi connectivity index (χ1v) is 13.1. The first-order valence-electron chi connectivity index (χ1n) is 11.1. The Morgan fingerprint density at radius 2 is 2.03 bits per heavy atom. The third kappa shape index (κ3) is 4.82. The molecule has 7 nitrogen and oxygen atoms in total. The van der Waals surface area contributed by atoms with E-state index < -0.39 is 12.0 Å². The average molecular weight is 538 g/mol. The highest BCUT2D eigenvalue weighted by Gasteiger charge is 2.33. The molecule has 4 heterocycles. The number of carbonyl (C=O) groups is 1. The maximum atomic E-state index is 13.6.